The summed E-state index contributed by atoms with van der Waals surface area (Å²) in [5.41, 5.74) is 2.93. The summed E-state index contributed by atoms with van der Waals surface area (Å²) in [6.07, 6.45) is 5.32. The van der Waals surface area contributed by atoms with Crippen LogP contribution in [-0.4, -0.2) is 29.7 Å². The van der Waals surface area contributed by atoms with Gasteiger partial charge in [0.05, 0.1) is 16.7 Å². The van der Waals surface area contributed by atoms with Gasteiger partial charge in [0.25, 0.3) is 0 Å². The van der Waals surface area contributed by atoms with Crippen molar-refractivity contribution < 1.29 is 17.6 Å². The van der Waals surface area contributed by atoms with Gasteiger partial charge in [0, 0.05) is 18.4 Å². The quantitative estimate of drug-likeness (QED) is 0.600. The summed E-state index contributed by atoms with van der Waals surface area (Å²) in [7, 11) is -3.11. The van der Waals surface area contributed by atoms with E-state index in [2.05, 4.69) is 4.98 Å². The first-order valence-electron chi connectivity index (χ1n) is 9.73. The largest absolute Gasteiger partial charge is 0.445 e. The molecular formula is C22H31NO4S. The smallest absolute Gasteiger partial charge is 0.225 e. The average Bonchev–Trinajstić information content (AvgIpc) is 3.13. The molecule has 154 valence electrons. The number of sulfone groups is 1. The number of Topliss-reactive ketones (excluding diaryl/α,β-unsaturated/α-hetero) is 1. The molecule has 0 bridgehead atoms. The Labute approximate surface area is 168 Å². The number of nitrogens with zero attached hydrogens (tertiary/aromatic N) is 1. The van der Waals surface area contributed by atoms with Crippen LogP contribution in [0.4, 0.5) is 0 Å². The van der Waals surface area contributed by atoms with E-state index in [4.69, 9.17) is 4.42 Å². The van der Waals surface area contributed by atoms with Gasteiger partial charge in [-0.15, -0.1) is 0 Å². The van der Waals surface area contributed by atoms with E-state index < -0.39 is 14.6 Å². The van der Waals surface area contributed by atoms with E-state index in [1.165, 1.54) is 6.26 Å². The third kappa shape index (κ3) is 6.03. The number of aromatic nitrogens is 1. The second-order valence-corrected chi connectivity index (χ2v) is 11.4. The number of hydrogen-bond acceptors (Lipinski definition) is 5. The molecule has 1 aromatic heterocycles. The molecule has 0 N–H and O–H groups in total. The van der Waals surface area contributed by atoms with E-state index in [-0.39, 0.29) is 17.5 Å². The Kier molecular flexibility index (Phi) is 7.21. The highest BCUT2D eigenvalue weighted by molar-refractivity contribution is 7.92. The number of oxazole rings is 1. The van der Waals surface area contributed by atoms with Crippen molar-refractivity contribution in [1.82, 2.24) is 4.98 Å². The van der Waals surface area contributed by atoms with E-state index in [1.807, 2.05) is 32.0 Å². The van der Waals surface area contributed by atoms with Crippen molar-refractivity contribution in [3.8, 4) is 11.5 Å². The number of carbonyl (C=O) groups excluding carboxylic acids is 1. The zero-order chi connectivity index (χ0) is 20.9. The fourth-order valence-corrected chi connectivity index (χ4v) is 4.23. The Morgan fingerprint density at radius 1 is 1.21 bits per heavy atom. The monoisotopic (exact) mass is 405 g/mol. The Hall–Kier alpha value is -1.95. The molecule has 0 saturated heterocycles. The Bertz CT molecular complexity index is 893. The number of carbonyl (C=O) groups is 1. The normalized spacial score (nSPS) is 13.5. The van der Waals surface area contributed by atoms with Crippen LogP contribution >= 0.6 is 0 Å². The zero-order valence-corrected chi connectivity index (χ0v) is 18.3. The fraction of sp³-hybridized carbons (Fsp3) is 0.545. The first-order chi connectivity index (χ1) is 13.0. The van der Waals surface area contributed by atoms with Gasteiger partial charge in [-0.05, 0) is 69.7 Å². The second kappa shape index (κ2) is 9.03. The molecule has 28 heavy (non-hydrogen) atoms. The average molecular weight is 406 g/mol. The van der Waals surface area contributed by atoms with Crippen LogP contribution in [0.5, 0.6) is 0 Å². The van der Waals surface area contributed by atoms with Crippen molar-refractivity contribution >= 4 is 15.6 Å². The maximum absolute atomic E-state index is 12.4. The molecule has 0 amide bonds. The van der Waals surface area contributed by atoms with Crippen LogP contribution in [0.2, 0.25) is 0 Å². The molecule has 0 aliphatic heterocycles. The molecule has 2 aromatic rings. The molecule has 0 aliphatic rings. The molecule has 2 rings (SSSR count). The zero-order valence-electron chi connectivity index (χ0n) is 17.5. The molecule has 1 aromatic carbocycles. The van der Waals surface area contributed by atoms with Crippen molar-refractivity contribution in [2.45, 2.75) is 65.0 Å². The Balaban J connectivity index is 1.84. The van der Waals surface area contributed by atoms with Crippen LogP contribution in [0, 0.1) is 12.8 Å². The van der Waals surface area contributed by atoms with Crippen LogP contribution in [0.1, 0.15) is 58.1 Å². The first-order valence-corrected chi connectivity index (χ1v) is 11.4. The molecule has 0 spiro atoms. The molecule has 1 unspecified atom stereocenters. The molecule has 0 radical (unpaired) electrons. The minimum atomic E-state index is -3.11. The second-order valence-electron chi connectivity index (χ2n) is 8.56. The SMILES string of the molecule is Cc1cc(-c2ncco2)ccc1CC(=O)CCC(C)CCS(=O)(=O)C(C)(C)C. The summed E-state index contributed by atoms with van der Waals surface area (Å²) < 4.78 is 29.0. The molecular weight excluding hydrogens is 374 g/mol. The van der Waals surface area contributed by atoms with Crippen LogP contribution < -0.4 is 0 Å². The van der Waals surface area contributed by atoms with Crippen molar-refractivity contribution in [2.24, 2.45) is 5.92 Å². The van der Waals surface area contributed by atoms with Gasteiger partial charge in [-0.2, -0.15) is 0 Å². The van der Waals surface area contributed by atoms with Gasteiger partial charge < -0.3 is 4.42 Å². The predicted octanol–water partition coefficient (Wildman–Crippen LogP) is 4.78. The number of benzene rings is 1. The highest BCUT2D eigenvalue weighted by Crippen LogP contribution is 2.23. The lowest BCUT2D eigenvalue weighted by molar-refractivity contribution is -0.118. The minimum absolute atomic E-state index is 0.174. The third-order valence-corrected chi connectivity index (χ3v) is 7.78. The van der Waals surface area contributed by atoms with Crippen LogP contribution in [-0.2, 0) is 21.1 Å². The Morgan fingerprint density at radius 2 is 1.93 bits per heavy atom. The van der Waals surface area contributed by atoms with Crippen LogP contribution in [0.25, 0.3) is 11.5 Å². The summed E-state index contributed by atoms with van der Waals surface area (Å²) in [6.45, 7) is 9.18. The highest BCUT2D eigenvalue weighted by atomic mass is 32.2. The maximum atomic E-state index is 12.4. The van der Waals surface area contributed by atoms with Crippen molar-refractivity contribution in [1.29, 1.82) is 0 Å². The first kappa shape index (κ1) is 22.3. The van der Waals surface area contributed by atoms with E-state index >= 15 is 0 Å². The molecule has 1 heterocycles. The number of rotatable bonds is 9. The lowest BCUT2D eigenvalue weighted by atomic mass is 9.96. The minimum Gasteiger partial charge on any atom is -0.445 e. The van der Waals surface area contributed by atoms with Gasteiger partial charge in [0.1, 0.15) is 12.0 Å². The maximum Gasteiger partial charge on any atom is 0.225 e. The van der Waals surface area contributed by atoms with E-state index in [9.17, 15) is 13.2 Å². The summed E-state index contributed by atoms with van der Waals surface area (Å²) in [6, 6.07) is 5.85. The van der Waals surface area contributed by atoms with E-state index in [0.29, 0.717) is 31.6 Å². The van der Waals surface area contributed by atoms with Crippen LogP contribution in [0.3, 0.4) is 0 Å². The fourth-order valence-electron chi connectivity index (χ4n) is 2.91. The Morgan fingerprint density at radius 3 is 2.50 bits per heavy atom. The third-order valence-electron chi connectivity index (χ3n) is 5.14. The molecule has 0 saturated carbocycles. The van der Waals surface area contributed by atoms with Gasteiger partial charge in [0.15, 0.2) is 9.84 Å². The molecule has 0 aliphatic carbocycles. The molecule has 1 atom stereocenters. The van der Waals surface area contributed by atoms with Crippen molar-refractivity contribution in [3.05, 3.63) is 41.8 Å². The lowest BCUT2D eigenvalue weighted by Crippen LogP contribution is -2.31. The molecule has 6 heteroatoms. The highest BCUT2D eigenvalue weighted by Gasteiger charge is 2.28. The number of ketones is 1. The molecule has 5 nitrogen and oxygen atoms in total. The van der Waals surface area contributed by atoms with Gasteiger partial charge in [0.2, 0.25) is 5.89 Å². The van der Waals surface area contributed by atoms with Gasteiger partial charge in [-0.1, -0.05) is 13.0 Å². The summed E-state index contributed by atoms with van der Waals surface area (Å²) in [5, 5.41) is 0. The summed E-state index contributed by atoms with van der Waals surface area (Å²) in [4.78, 5) is 16.5. The van der Waals surface area contributed by atoms with Crippen LogP contribution in [0.15, 0.2) is 35.1 Å². The van der Waals surface area contributed by atoms with Gasteiger partial charge in [-0.3, -0.25) is 4.79 Å². The lowest BCUT2D eigenvalue weighted by Gasteiger charge is -2.20. The standard InChI is InChI=1S/C22H31NO4S/c1-16(10-13-28(25,26)22(3,4)5)6-9-20(24)15-18-7-8-19(14-17(18)2)21-23-11-12-27-21/h7-8,11-12,14,16H,6,9-10,13,15H2,1-5H3. The van der Waals surface area contributed by atoms with E-state index in [0.717, 1.165) is 16.7 Å². The van der Waals surface area contributed by atoms with Crippen molar-refractivity contribution in [2.75, 3.05) is 5.75 Å². The number of hydrogen-bond donors (Lipinski definition) is 0. The molecule has 0 fully saturated rings. The van der Waals surface area contributed by atoms with Gasteiger partial charge in [-0.25, -0.2) is 13.4 Å². The van der Waals surface area contributed by atoms with Gasteiger partial charge >= 0.3 is 0 Å². The summed E-state index contributed by atoms with van der Waals surface area (Å²) >= 11 is 0. The van der Waals surface area contributed by atoms with Crippen molar-refractivity contribution in [3.63, 3.8) is 0 Å². The van der Waals surface area contributed by atoms with E-state index in [1.54, 1.807) is 27.0 Å². The predicted molar refractivity (Wildman–Crippen MR) is 112 cm³/mol. The topological polar surface area (TPSA) is 77.2 Å². The number of aryl methyl sites for hydroxylation is 1. The summed E-state index contributed by atoms with van der Waals surface area (Å²) in [5.74, 6) is 1.12.